The zero-order chi connectivity index (χ0) is 25.2. The third kappa shape index (κ3) is 5.48. The Balaban J connectivity index is 1.51. The normalized spacial score (nSPS) is 17.4. The molecule has 1 aromatic carbocycles. The van der Waals surface area contributed by atoms with E-state index in [1.807, 2.05) is 25.5 Å². The largest absolute Gasteiger partial charge is 0.461 e. The van der Waals surface area contributed by atoms with Crippen molar-refractivity contribution in [1.82, 2.24) is 15.1 Å². The van der Waals surface area contributed by atoms with Gasteiger partial charge in [-0.1, -0.05) is 32.9 Å². The van der Waals surface area contributed by atoms with E-state index in [0.29, 0.717) is 49.4 Å². The van der Waals surface area contributed by atoms with E-state index in [0.717, 1.165) is 30.7 Å². The average Bonchev–Trinajstić information content (AvgIpc) is 3.10. The van der Waals surface area contributed by atoms with E-state index in [4.69, 9.17) is 14.6 Å². The highest BCUT2D eigenvalue weighted by molar-refractivity contribution is 5.97. The molecule has 1 spiro atoms. The molecule has 1 aromatic heterocycles. The number of esters is 1. The molecule has 1 amide bonds. The average molecular weight is 482 g/mol. The molecule has 0 aliphatic carbocycles. The summed E-state index contributed by atoms with van der Waals surface area (Å²) in [5, 5.41) is 7.97. The number of nitrogens with one attached hydrogen (secondary N) is 1. The zero-order valence-electron chi connectivity index (χ0n) is 21.1. The molecule has 0 unspecified atom stereocenters. The number of hydrogen-bond acceptors (Lipinski definition) is 6. The second kappa shape index (κ2) is 9.93. The van der Waals surface area contributed by atoms with Gasteiger partial charge in [0.05, 0.1) is 29.1 Å². The summed E-state index contributed by atoms with van der Waals surface area (Å²) in [7, 11) is 0. The van der Waals surface area contributed by atoms with E-state index >= 15 is 0 Å². The van der Waals surface area contributed by atoms with Crippen molar-refractivity contribution in [3.05, 3.63) is 52.3 Å². The van der Waals surface area contributed by atoms with Gasteiger partial charge in [0.15, 0.2) is 5.78 Å². The van der Waals surface area contributed by atoms with Crippen molar-refractivity contribution in [2.75, 3.05) is 26.4 Å². The lowest BCUT2D eigenvalue weighted by atomic mass is 9.76. The Morgan fingerprint density at radius 2 is 1.83 bits per heavy atom. The van der Waals surface area contributed by atoms with E-state index in [9.17, 15) is 14.4 Å². The molecule has 188 valence electrons. The molecule has 4 rings (SSSR count). The Kier molecular flexibility index (Phi) is 7.12. The van der Waals surface area contributed by atoms with Crippen LogP contribution in [0.3, 0.4) is 0 Å². The standard InChI is InChI=1S/C27H35N3O5/c1-5-21-23-22(14-27(15-28-24(23)32)10-12-34-13-11-27)30(29-21)16-26(3,4)17-35-25(33)20-8-6-19(7-9-20)18(2)31/h6-9H,5,10-17H2,1-4H3,(H,28,32). The maximum absolute atomic E-state index is 13.0. The number of aryl methyl sites for hydroxylation is 1. The second-order valence-corrected chi connectivity index (χ2v) is 10.6. The molecule has 1 fully saturated rings. The van der Waals surface area contributed by atoms with Crippen LogP contribution in [0.4, 0.5) is 0 Å². The lowest BCUT2D eigenvalue weighted by Gasteiger charge is -2.36. The molecule has 0 atom stereocenters. The second-order valence-electron chi connectivity index (χ2n) is 10.6. The fraction of sp³-hybridized carbons (Fsp3) is 0.556. The summed E-state index contributed by atoms with van der Waals surface area (Å²) in [5.74, 6) is -0.529. The summed E-state index contributed by atoms with van der Waals surface area (Å²) in [4.78, 5) is 37.1. The number of Topliss-reactive ketones (excluding diaryl/α,β-unsaturated/α-hetero) is 1. The highest BCUT2D eigenvalue weighted by Crippen LogP contribution is 2.38. The lowest BCUT2D eigenvalue weighted by molar-refractivity contribution is 0.0145. The lowest BCUT2D eigenvalue weighted by Crippen LogP contribution is -2.41. The SMILES string of the molecule is CCc1nn(CC(C)(C)COC(=O)c2ccc(C(C)=O)cc2)c2c1C(=O)NCC1(CCOCC1)C2. The van der Waals surface area contributed by atoms with Gasteiger partial charge in [0.2, 0.25) is 0 Å². The van der Waals surface area contributed by atoms with Gasteiger partial charge in [-0.3, -0.25) is 14.3 Å². The molecule has 8 heteroatoms. The minimum Gasteiger partial charge on any atom is -0.461 e. The molecule has 35 heavy (non-hydrogen) atoms. The maximum atomic E-state index is 13.0. The smallest absolute Gasteiger partial charge is 0.338 e. The van der Waals surface area contributed by atoms with Gasteiger partial charge in [-0.25, -0.2) is 4.79 Å². The predicted octanol–water partition coefficient (Wildman–Crippen LogP) is 3.61. The molecule has 2 aliphatic rings. The van der Waals surface area contributed by atoms with Crippen LogP contribution in [-0.2, 0) is 28.9 Å². The number of carbonyl (C=O) groups excluding carboxylic acids is 3. The van der Waals surface area contributed by atoms with Gasteiger partial charge in [-0.2, -0.15) is 5.10 Å². The van der Waals surface area contributed by atoms with Crippen LogP contribution in [-0.4, -0.2) is 53.8 Å². The van der Waals surface area contributed by atoms with Crippen molar-refractivity contribution in [3.63, 3.8) is 0 Å². The zero-order valence-corrected chi connectivity index (χ0v) is 21.1. The van der Waals surface area contributed by atoms with Crippen molar-refractivity contribution in [3.8, 4) is 0 Å². The highest BCUT2D eigenvalue weighted by atomic mass is 16.5. The summed E-state index contributed by atoms with van der Waals surface area (Å²) < 4.78 is 13.2. The van der Waals surface area contributed by atoms with Gasteiger partial charge in [-0.05, 0) is 50.2 Å². The number of nitrogens with zero attached hydrogens (tertiary/aromatic N) is 2. The van der Waals surface area contributed by atoms with Gasteiger partial charge in [0.1, 0.15) is 0 Å². The maximum Gasteiger partial charge on any atom is 0.338 e. The molecular weight excluding hydrogens is 446 g/mol. The number of amides is 1. The number of fused-ring (bicyclic) bond motifs is 1. The minimum absolute atomic E-state index is 0.0232. The fourth-order valence-corrected chi connectivity index (χ4v) is 4.94. The molecule has 0 bridgehead atoms. The van der Waals surface area contributed by atoms with E-state index in [1.165, 1.54) is 6.92 Å². The first kappa shape index (κ1) is 25.1. The van der Waals surface area contributed by atoms with Crippen LogP contribution in [0.2, 0.25) is 0 Å². The Hall–Kier alpha value is -3.00. The molecule has 1 saturated heterocycles. The van der Waals surface area contributed by atoms with Crippen LogP contribution in [0.5, 0.6) is 0 Å². The Morgan fingerprint density at radius 1 is 1.17 bits per heavy atom. The molecule has 8 nitrogen and oxygen atoms in total. The topological polar surface area (TPSA) is 99.5 Å². The van der Waals surface area contributed by atoms with E-state index < -0.39 is 11.4 Å². The monoisotopic (exact) mass is 481 g/mol. The van der Waals surface area contributed by atoms with Crippen molar-refractivity contribution in [2.45, 2.75) is 59.9 Å². The first-order chi connectivity index (χ1) is 16.6. The van der Waals surface area contributed by atoms with Crippen LogP contribution in [0.25, 0.3) is 0 Å². The molecule has 2 aliphatic heterocycles. The Labute approximate surface area is 206 Å². The molecular formula is C27H35N3O5. The van der Waals surface area contributed by atoms with E-state index in [2.05, 4.69) is 5.32 Å². The van der Waals surface area contributed by atoms with Gasteiger partial charge in [0.25, 0.3) is 5.91 Å². The van der Waals surface area contributed by atoms with Crippen molar-refractivity contribution < 1.29 is 23.9 Å². The van der Waals surface area contributed by atoms with Crippen LogP contribution in [0.1, 0.15) is 83.0 Å². The fourth-order valence-electron chi connectivity index (χ4n) is 4.94. The third-order valence-corrected chi connectivity index (χ3v) is 7.11. The van der Waals surface area contributed by atoms with E-state index in [-0.39, 0.29) is 23.7 Å². The van der Waals surface area contributed by atoms with Crippen molar-refractivity contribution in [2.24, 2.45) is 10.8 Å². The third-order valence-electron chi connectivity index (χ3n) is 7.11. The van der Waals surface area contributed by atoms with Gasteiger partial charge in [0, 0.05) is 37.3 Å². The first-order valence-corrected chi connectivity index (χ1v) is 12.4. The molecule has 0 saturated carbocycles. The minimum atomic E-state index is -0.428. The number of benzene rings is 1. The summed E-state index contributed by atoms with van der Waals surface area (Å²) in [6, 6.07) is 6.48. The highest BCUT2D eigenvalue weighted by Gasteiger charge is 2.40. The van der Waals surface area contributed by atoms with Crippen LogP contribution >= 0.6 is 0 Å². The van der Waals surface area contributed by atoms with Crippen molar-refractivity contribution in [1.29, 1.82) is 0 Å². The van der Waals surface area contributed by atoms with Crippen LogP contribution in [0, 0.1) is 10.8 Å². The Bertz CT molecular complexity index is 1110. The Morgan fingerprint density at radius 3 is 2.46 bits per heavy atom. The number of carbonyl (C=O) groups is 3. The summed E-state index contributed by atoms with van der Waals surface area (Å²) in [5.41, 5.74) is 3.01. The molecule has 0 radical (unpaired) electrons. The summed E-state index contributed by atoms with van der Waals surface area (Å²) >= 11 is 0. The van der Waals surface area contributed by atoms with Crippen molar-refractivity contribution >= 4 is 17.7 Å². The number of aromatic nitrogens is 2. The van der Waals surface area contributed by atoms with Gasteiger partial charge in [-0.15, -0.1) is 0 Å². The molecule has 3 heterocycles. The first-order valence-electron chi connectivity index (χ1n) is 12.4. The summed E-state index contributed by atoms with van der Waals surface area (Å²) in [6.45, 7) is 10.3. The van der Waals surface area contributed by atoms with Gasteiger partial charge < -0.3 is 14.8 Å². The predicted molar refractivity (Wildman–Crippen MR) is 131 cm³/mol. The van der Waals surface area contributed by atoms with Gasteiger partial charge >= 0.3 is 5.97 Å². The molecule has 2 aromatic rings. The number of hydrogen-bond donors (Lipinski definition) is 1. The van der Waals surface area contributed by atoms with E-state index in [1.54, 1.807) is 24.3 Å². The van der Waals surface area contributed by atoms with Crippen LogP contribution in [0.15, 0.2) is 24.3 Å². The summed E-state index contributed by atoms with van der Waals surface area (Å²) in [6.07, 6.45) is 3.26. The number of ketones is 1. The van der Waals surface area contributed by atoms with Crippen LogP contribution < -0.4 is 5.32 Å². The number of rotatable bonds is 7. The molecule has 1 N–H and O–H groups in total. The quantitative estimate of drug-likeness (QED) is 0.479. The number of ether oxygens (including phenoxy) is 2.